The SMILES string of the molecule is CC/C=C\C/C=C\C/C=C\C/C=C\C/C=C\CC(=O)OC(CCCCCCCCCCCC)CCCCCCCC(=O)NC(CCCN)C(=O)O. The molecule has 4 N–H and O–H groups in total. The Balaban J connectivity index is 4.46. The number of carboxylic acid groups (broad SMARTS) is 1. The Labute approximate surface area is 312 Å². The average molecular weight is 713 g/mol. The van der Waals surface area contributed by atoms with E-state index >= 15 is 0 Å². The molecule has 0 aliphatic carbocycles. The lowest BCUT2D eigenvalue weighted by atomic mass is 10.0. The van der Waals surface area contributed by atoms with Crippen molar-refractivity contribution in [2.24, 2.45) is 5.73 Å². The van der Waals surface area contributed by atoms with E-state index in [2.05, 4.69) is 67.8 Å². The van der Waals surface area contributed by atoms with Gasteiger partial charge in [-0.1, -0.05) is 152 Å². The maximum atomic E-state index is 12.7. The molecule has 0 aromatic carbocycles. The molecular formula is C44H76N2O5. The van der Waals surface area contributed by atoms with Crippen molar-refractivity contribution < 1.29 is 24.2 Å². The van der Waals surface area contributed by atoms with Crippen LogP contribution in [0.2, 0.25) is 0 Å². The van der Waals surface area contributed by atoms with Crippen LogP contribution in [0.25, 0.3) is 0 Å². The molecule has 292 valence electrons. The fourth-order valence-electron chi connectivity index (χ4n) is 5.82. The lowest BCUT2D eigenvalue weighted by molar-refractivity contribution is -0.148. The number of unbranched alkanes of at least 4 members (excludes halogenated alkanes) is 13. The summed E-state index contributed by atoms with van der Waals surface area (Å²) in [5.74, 6) is -1.37. The number of hydrogen-bond acceptors (Lipinski definition) is 5. The minimum Gasteiger partial charge on any atom is -0.480 e. The lowest BCUT2D eigenvalue weighted by Crippen LogP contribution is -2.40. The van der Waals surface area contributed by atoms with Crippen LogP contribution in [0.5, 0.6) is 0 Å². The van der Waals surface area contributed by atoms with Gasteiger partial charge < -0.3 is 20.9 Å². The second-order valence-corrected chi connectivity index (χ2v) is 13.7. The summed E-state index contributed by atoms with van der Waals surface area (Å²) in [6, 6.07) is -0.864. The van der Waals surface area contributed by atoms with Gasteiger partial charge in [0.2, 0.25) is 5.91 Å². The number of carboxylic acids is 1. The molecule has 0 radical (unpaired) electrons. The molecule has 0 aromatic heterocycles. The normalized spacial score (nSPS) is 13.3. The Kier molecular flexibility index (Phi) is 36.1. The van der Waals surface area contributed by atoms with E-state index < -0.39 is 12.0 Å². The smallest absolute Gasteiger partial charge is 0.326 e. The highest BCUT2D eigenvalue weighted by Crippen LogP contribution is 2.18. The minimum atomic E-state index is -1.01. The Hall–Kier alpha value is -2.93. The molecule has 0 rings (SSSR count). The van der Waals surface area contributed by atoms with Crippen molar-refractivity contribution in [3.05, 3.63) is 60.8 Å². The lowest BCUT2D eigenvalue weighted by Gasteiger charge is -2.18. The molecule has 7 heteroatoms. The number of aliphatic carboxylic acids is 1. The molecule has 0 bridgehead atoms. The van der Waals surface area contributed by atoms with Gasteiger partial charge in [0.1, 0.15) is 12.1 Å². The summed E-state index contributed by atoms with van der Waals surface area (Å²) in [6.07, 6.45) is 47.0. The van der Waals surface area contributed by atoms with E-state index in [1.54, 1.807) is 0 Å². The predicted octanol–water partition coefficient (Wildman–Crippen LogP) is 11.4. The van der Waals surface area contributed by atoms with Crippen molar-refractivity contribution in [2.75, 3.05) is 6.54 Å². The number of carbonyl (C=O) groups is 3. The van der Waals surface area contributed by atoms with Crippen LogP contribution in [0, 0.1) is 0 Å². The van der Waals surface area contributed by atoms with Crippen molar-refractivity contribution in [3.63, 3.8) is 0 Å². The molecule has 0 heterocycles. The first-order valence-electron chi connectivity index (χ1n) is 20.6. The van der Waals surface area contributed by atoms with Gasteiger partial charge >= 0.3 is 11.9 Å². The van der Waals surface area contributed by atoms with Gasteiger partial charge in [0.25, 0.3) is 0 Å². The monoisotopic (exact) mass is 713 g/mol. The van der Waals surface area contributed by atoms with Crippen LogP contribution < -0.4 is 11.1 Å². The Morgan fingerprint density at radius 2 is 1.04 bits per heavy atom. The van der Waals surface area contributed by atoms with Crippen LogP contribution in [0.1, 0.15) is 181 Å². The van der Waals surface area contributed by atoms with Crippen molar-refractivity contribution in [3.8, 4) is 0 Å². The molecule has 7 nitrogen and oxygen atoms in total. The molecule has 0 saturated heterocycles. The Bertz CT molecular complexity index is 984. The van der Waals surface area contributed by atoms with Crippen LogP contribution in [-0.4, -0.2) is 41.6 Å². The van der Waals surface area contributed by atoms with Crippen molar-refractivity contribution in [2.45, 2.75) is 193 Å². The van der Waals surface area contributed by atoms with Crippen LogP contribution in [-0.2, 0) is 19.1 Å². The zero-order valence-corrected chi connectivity index (χ0v) is 32.7. The molecule has 2 atom stereocenters. The number of esters is 1. The number of amides is 1. The maximum Gasteiger partial charge on any atom is 0.326 e. The van der Waals surface area contributed by atoms with Crippen LogP contribution in [0.4, 0.5) is 0 Å². The molecule has 0 spiro atoms. The highest BCUT2D eigenvalue weighted by molar-refractivity contribution is 5.83. The maximum absolute atomic E-state index is 12.7. The number of ether oxygens (including phenoxy) is 1. The third-order valence-electron chi connectivity index (χ3n) is 8.88. The number of nitrogens with two attached hydrogens (primary N) is 1. The molecule has 0 aromatic rings. The van der Waals surface area contributed by atoms with Gasteiger partial charge in [0.05, 0.1) is 6.42 Å². The third-order valence-corrected chi connectivity index (χ3v) is 8.88. The summed E-state index contributed by atoms with van der Waals surface area (Å²) >= 11 is 0. The number of nitrogens with one attached hydrogen (secondary N) is 1. The standard InChI is InChI=1S/C44H76N2O5/c1-3-5-7-9-11-13-15-16-17-18-19-21-23-28-32-38-43(48)51-40(34-29-25-22-20-14-12-10-8-6-4-2)35-30-26-24-27-31-37-42(47)46-41(44(49)50)36-33-39-45/h5,7,11,13,16-17,19,21,28,32,40-41H,3-4,6,8-10,12,14-15,18,20,22-27,29-31,33-39,45H2,1-2H3,(H,46,47)(H,49,50)/b7-5-,13-11-,17-16-,21-19-,32-28-. The van der Waals surface area contributed by atoms with E-state index in [1.807, 2.05) is 12.2 Å². The quantitative estimate of drug-likeness (QED) is 0.0338. The zero-order valence-electron chi connectivity index (χ0n) is 32.7. The topological polar surface area (TPSA) is 119 Å². The van der Waals surface area contributed by atoms with Gasteiger partial charge in [-0.2, -0.15) is 0 Å². The second kappa shape index (κ2) is 38.3. The summed E-state index contributed by atoms with van der Waals surface area (Å²) in [5, 5.41) is 11.9. The second-order valence-electron chi connectivity index (χ2n) is 13.7. The summed E-state index contributed by atoms with van der Waals surface area (Å²) < 4.78 is 5.96. The van der Waals surface area contributed by atoms with Gasteiger partial charge in [-0.25, -0.2) is 4.79 Å². The minimum absolute atomic E-state index is 0.0403. The predicted molar refractivity (Wildman–Crippen MR) is 216 cm³/mol. The first kappa shape index (κ1) is 48.1. The molecule has 0 aliphatic heterocycles. The van der Waals surface area contributed by atoms with E-state index in [4.69, 9.17) is 10.5 Å². The van der Waals surface area contributed by atoms with Gasteiger partial charge in [-0.3, -0.25) is 9.59 Å². The van der Waals surface area contributed by atoms with Crippen molar-refractivity contribution in [1.29, 1.82) is 0 Å². The highest BCUT2D eigenvalue weighted by atomic mass is 16.5. The number of rotatable bonds is 36. The fraction of sp³-hybridized carbons (Fsp3) is 0.705. The molecule has 0 aliphatic rings. The van der Waals surface area contributed by atoms with E-state index in [-0.39, 0.29) is 18.0 Å². The summed E-state index contributed by atoms with van der Waals surface area (Å²) in [6.45, 7) is 4.81. The summed E-state index contributed by atoms with van der Waals surface area (Å²) in [4.78, 5) is 36.2. The molecule has 0 saturated carbocycles. The van der Waals surface area contributed by atoms with Gasteiger partial charge in [0.15, 0.2) is 0 Å². The molecular weight excluding hydrogens is 636 g/mol. The van der Waals surface area contributed by atoms with E-state index in [9.17, 15) is 19.5 Å². The molecule has 51 heavy (non-hydrogen) atoms. The third kappa shape index (κ3) is 35.3. The Morgan fingerprint density at radius 1 is 0.588 bits per heavy atom. The Morgan fingerprint density at radius 3 is 1.51 bits per heavy atom. The average Bonchev–Trinajstić information content (AvgIpc) is 3.11. The van der Waals surface area contributed by atoms with E-state index in [0.29, 0.717) is 32.2 Å². The molecule has 0 fully saturated rings. The van der Waals surface area contributed by atoms with E-state index in [1.165, 1.54) is 57.8 Å². The number of allylic oxidation sites excluding steroid dienone is 9. The highest BCUT2D eigenvalue weighted by Gasteiger charge is 2.19. The summed E-state index contributed by atoms with van der Waals surface area (Å²) in [5.41, 5.74) is 5.48. The van der Waals surface area contributed by atoms with Crippen LogP contribution >= 0.6 is 0 Å². The molecule has 1 amide bonds. The van der Waals surface area contributed by atoms with Gasteiger partial charge in [-0.05, 0) is 83.6 Å². The first-order chi connectivity index (χ1) is 24.9. The first-order valence-corrected chi connectivity index (χ1v) is 20.6. The van der Waals surface area contributed by atoms with Crippen molar-refractivity contribution in [1.82, 2.24) is 5.32 Å². The van der Waals surface area contributed by atoms with Crippen LogP contribution in [0.15, 0.2) is 60.8 Å². The number of hydrogen-bond donors (Lipinski definition) is 3. The van der Waals surface area contributed by atoms with Crippen LogP contribution in [0.3, 0.4) is 0 Å². The van der Waals surface area contributed by atoms with Crippen molar-refractivity contribution >= 4 is 17.8 Å². The summed E-state index contributed by atoms with van der Waals surface area (Å²) in [7, 11) is 0. The van der Waals surface area contributed by atoms with Gasteiger partial charge in [0, 0.05) is 6.42 Å². The largest absolute Gasteiger partial charge is 0.480 e. The van der Waals surface area contributed by atoms with E-state index in [0.717, 1.165) is 83.5 Å². The number of carbonyl (C=O) groups excluding carboxylic acids is 2. The molecule has 2 unspecified atom stereocenters. The van der Waals surface area contributed by atoms with Gasteiger partial charge in [-0.15, -0.1) is 0 Å². The fourth-order valence-corrected chi connectivity index (χ4v) is 5.82. The zero-order chi connectivity index (χ0) is 37.5.